The second-order valence-corrected chi connectivity index (χ2v) is 8.15. The van der Waals surface area contributed by atoms with Crippen LogP contribution < -0.4 is 5.32 Å². The molecule has 1 aromatic rings. The fourth-order valence-electron chi connectivity index (χ4n) is 2.30. The minimum Gasteiger partial charge on any atom is -0.347 e. The lowest BCUT2D eigenvalue weighted by atomic mass is 9.86. The highest BCUT2D eigenvalue weighted by Gasteiger charge is 2.36. The number of carbonyl (C=O) groups excluding carboxylic acids is 1. The first kappa shape index (κ1) is 20.5. The molecule has 5 heteroatoms. The number of hydrogen-bond donors (Lipinski definition) is 1. The molecule has 0 saturated carbocycles. The summed E-state index contributed by atoms with van der Waals surface area (Å²) in [6.45, 7) is 10.9. The fourth-order valence-corrected chi connectivity index (χ4v) is 2.30. The SMILES string of the molecule is CC(CCC(C)(C)NC(=O)c1ccc(C(C)(C)C)cc1)C(F)(F)F. The zero-order valence-corrected chi connectivity index (χ0v) is 15.3. The van der Waals surface area contributed by atoms with Crippen LogP contribution in [0, 0.1) is 5.92 Å². The van der Waals surface area contributed by atoms with Gasteiger partial charge < -0.3 is 5.32 Å². The maximum atomic E-state index is 12.6. The number of benzene rings is 1. The number of nitrogens with one attached hydrogen (secondary N) is 1. The summed E-state index contributed by atoms with van der Waals surface area (Å²) in [5.41, 5.74) is 0.943. The van der Waals surface area contributed by atoms with E-state index in [1.165, 1.54) is 6.92 Å². The molecular weight excluding hydrogens is 315 g/mol. The Morgan fingerprint density at radius 3 is 1.96 bits per heavy atom. The highest BCUT2D eigenvalue weighted by molar-refractivity contribution is 5.94. The molecule has 1 N–H and O–H groups in total. The predicted molar refractivity (Wildman–Crippen MR) is 91.1 cm³/mol. The summed E-state index contributed by atoms with van der Waals surface area (Å²) in [7, 11) is 0. The van der Waals surface area contributed by atoms with Crippen LogP contribution in [-0.4, -0.2) is 17.6 Å². The van der Waals surface area contributed by atoms with Gasteiger partial charge in [-0.15, -0.1) is 0 Å². The Kier molecular flexibility index (Phi) is 6.12. The lowest BCUT2D eigenvalue weighted by Crippen LogP contribution is -2.44. The Morgan fingerprint density at radius 2 is 1.54 bits per heavy atom. The number of amides is 1. The van der Waals surface area contributed by atoms with Crippen molar-refractivity contribution in [3.63, 3.8) is 0 Å². The van der Waals surface area contributed by atoms with E-state index in [0.29, 0.717) is 5.56 Å². The van der Waals surface area contributed by atoms with Crippen molar-refractivity contribution < 1.29 is 18.0 Å². The molecule has 0 radical (unpaired) electrons. The molecule has 0 aliphatic carbocycles. The van der Waals surface area contributed by atoms with Crippen molar-refractivity contribution >= 4 is 5.91 Å². The maximum Gasteiger partial charge on any atom is 0.391 e. The Morgan fingerprint density at radius 1 is 1.04 bits per heavy atom. The van der Waals surface area contributed by atoms with Crippen LogP contribution >= 0.6 is 0 Å². The highest BCUT2D eigenvalue weighted by Crippen LogP contribution is 2.31. The third-order valence-corrected chi connectivity index (χ3v) is 4.23. The van der Waals surface area contributed by atoms with E-state index in [0.717, 1.165) is 5.56 Å². The fraction of sp³-hybridized carbons (Fsp3) is 0.632. The van der Waals surface area contributed by atoms with Gasteiger partial charge in [0.1, 0.15) is 0 Å². The van der Waals surface area contributed by atoms with E-state index in [4.69, 9.17) is 0 Å². The molecule has 136 valence electrons. The van der Waals surface area contributed by atoms with Crippen molar-refractivity contribution in [2.24, 2.45) is 5.92 Å². The summed E-state index contributed by atoms with van der Waals surface area (Å²) in [5.74, 6) is -1.64. The lowest BCUT2D eigenvalue weighted by Gasteiger charge is -2.28. The van der Waals surface area contributed by atoms with Gasteiger partial charge in [0.05, 0.1) is 5.92 Å². The summed E-state index contributed by atoms with van der Waals surface area (Å²) < 4.78 is 37.8. The molecule has 0 fully saturated rings. The second-order valence-electron chi connectivity index (χ2n) is 8.15. The average molecular weight is 343 g/mol. The molecule has 0 heterocycles. The highest BCUT2D eigenvalue weighted by atomic mass is 19.4. The van der Waals surface area contributed by atoms with Crippen molar-refractivity contribution in [1.29, 1.82) is 0 Å². The summed E-state index contributed by atoms with van der Waals surface area (Å²) in [6.07, 6.45) is -3.94. The molecule has 1 rings (SSSR count). The number of rotatable bonds is 5. The molecular formula is C19H28F3NO. The molecule has 0 aliphatic rings. The Bertz CT molecular complexity index is 553. The van der Waals surface area contributed by atoms with Gasteiger partial charge >= 0.3 is 6.18 Å². The number of halogens is 3. The average Bonchev–Trinajstić information content (AvgIpc) is 2.42. The van der Waals surface area contributed by atoms with Crippen LogP contribution in [-0.2, 0) is 5.41 Å². The van der Waals surface area contributed by atoms with E-state index in [1.807, 2.05) is 12.1 Å². The second kappa shape index (κ2) is 7.16. The van der Waals surface area contributed by atoms with Crippen molar-refractivity contribution in [3.05, 3.63) is 35.4 Å². The summed E-state index contributed by atoms with van der Waals surface area (Å²) in [6, 6.07) is 7.33. The first-order valence-electron chi connectivity index (χ1n) is 8.22. The molecule has 1 atom stereocenters. The molecule has 2 nitrogen and oxygen atoms in total. The van der Waals surface area contributed by atoms with Gasteiger partial charge in [0.15, 0.2) is 0 Å². The molecule has 0 saturated heterocycles. The minimum absolute atomic E-state index is 0.00199. The normalized spacial score (nSPS) is 14.4. The van der Waals surface area contributed by atoms with Crippen LogP contribution in [0.3, 0.4) is 0 Å². The van der Waals surface area contributed by atoms with Gasteiger partial charge in [0.2, 0.25) is 0 Å². The van der Waals surface area contributed by atoms with Crippen LogP contribution in [0.25, 0.3) is 0 Å². The number of hydrogen-bond acceptors (Lipinski definition) is 1. The zero-order chi connectivity index (χ0) is 18.8. The van der Waals surface area contributed by atoms with Gasteiger partial charge in [-0.1, -0.05) is 39.8 Å². The molecule has 1 unspecified atom stereocenters. The molecule has 0 bridgehead atoms. The van der Waals surface area contributed by atoms with Gasteiger partial charge in [-0.3, -0.25) is 4.79 Å². The van der Waals surface area contributed by atoms with E-state index in [-0.39, 0.29) is 24.2 Å². The van der Waals surface area contributed by atoms with Gasteiger partial charge in [-0.05, 0) is 49.8 Å². The Hall–Kier alpha value is -1.52. The molecule has 0 aromatic heterocycles. The van der Waals surface area contributed by atoms with Crippen LogP contribution in [0.15, 0.2) is 24.3 Å². The zero-order valence-electron chi connectivity index (χ0n) is 15.3. The van der Waals surface area contributed by atoms with Crippen LogP contribution in [0.5, 0.6) is 0 Å². The Balaban J connectivity index is 2.68. The van der Waals surface area contributed by atoms with Crippen molar-refractivity contribution in [2.75, 3.05) is 0 Å². The van der Waals surface area contributed by atoms with Crippen LogP contribution in [0.2, 0.25) is 0 Å². The monoisotopic (exact) mass is 343 g/mol. The van der Waals surface area contributed by atoms with Crippen molar-refractivity contribution in [3.8, 4) is 0 Å². The minimum atomic E-state index is -4.19. The summed E-state index contributed by atoms with van der Waals surface area (Å²) >= 11 is 0. The van der Waals surface area contributed by atoms with E-state index < -0.39 is 17.6 Å². The van der Waals surface area contributed by atoms with E-state index >= 15 is 0 Å². The van der Waals surface area contributed by atoms with Gasteiger partial charge in [-0.25, -0.2) is 0 Å². The smallest absolute Gasteiger partial charge is 0.347 e. The van der Waals surface area contributed by atoms with Crippen LogP contribution in [0.1, 0.15) is 70.3 Å². The topological polar surface area (TPSA) is 29.1 Å². The third kappa shape index (κ3) is 6.17. The van der Waals surface area contributed by atoms with Crippen molar-refractivity contribution in [1.82, 2.24) is 5.32 Å². The van der Waals surface area contributed by atoms with Gasteiger partial charge in [0, 0.05) is 11.1 Å². The van der Waals surface area contributed by atoms with Crippen molar-refractivity contribution in [2.45, 2.75) is 71.5 Å². The van der Waals surface area contributed by atoms with Gasteiger partial charge in [-0.2, -0.15) is 13.2 Å². The largest absolute Gasteiger partial charge is 0.391 e. The predicted octanol–water partition coefficient (Wildman–Crippen LogP) is 5.47. The summed E-state index contributed by atoms with van der Waals surface area (Å²) in [5, 5.41) is 2.83. The molecule has 24 heavy (non-hydrogen) atoms. The maximum absolute atomic E-state index is 12.6. The van der Waals surface area contributed by atoms with Gasteiger partial charge in [0.25, 0.3) is 5.91 Å². The van der Waals surface area contributed by atoms with E-state index in [1.54, 1.807) is 26.0 Å². The van der Waals surface area contributed by atoms with E-state index in [9.17, 15) is 18.0 Å². The Labute approximate surface area is 142 Å². The number of alkyl halides is 3. The number of carbonyl (C=O) groups is 1. The molecule has 0 aliphatic heterocycles. The van der Waals surface area contributed by atoms with E-state index in [2.05, 4.69) is 26.1 Å². The summed E-state index contributed by atoms with van der Waals surface area (Å²) in [4.78, 5) is 12.3. The quantitative estimate of drug-likeness (QED) is 0.754. The molecule has 0 spiro atoms. The first-order valence-corrected chi connectivity index (χ1v) is 8.22. The first-order chi connectivity index (χ1) is 10.7. The molecule has 1 amide bonds. The molecule has 1 aromatic carbocycles. The van der Waals surface area contributed by atoms with Crippen LogP contribution in [0.4, 0.5) is 13.2 Å². The third-order valence-electron chi connectivity index (χ3n) is 4.23. The standard InChI is InChI=1S/C19H28F3NO/c1-13(19(20,21)22)11-12-18(5,6)23-16(24)14-7-9-15(10-8-14)17(2,3)4/h7-10,13H,11-12H2,1-6H3,(H,23,24). The lowest BCUT2D eigenvalue weighted by molar-refractivity contribution is -0.172.